The Morgan fingerprint density at radius 2 is 2.00 bits per heavy atom. The van der Waals surface area contributed by atoms with Crippen LogP contribution in [-0.2, 0) is 0 Å². The van der Waals surface area contributed by atoms with Gasteiger partial charge in [0.25, 0.3) is 11.8 Å². The van der Waals surface area contributed by atoms with E-state index >= 15 is 0 Å². The molecule has 0 bridgehead atoms. The summed E-state index contributed by atoms with van der Waals surface area (Å²) in [6, 6.07) is 10.5. The number of anilines is 1. The summed E-state index contributed by atoms with van der Waals surface area (Å²) in [6.45, 7) is 1.86. The standard InChI is InChI=1S/C18H21N3O3/c1-21(15-7-9-19-10-8-15)18(23)13-4-2-5-14(12-13)20-17(22)16-6-3-11-24-16/h2-6,11-12,15,19H,7-10H2,1H3,(H,20,22). The quantitative estimate of drug-likeness (QED) is 0.904. The van der Waals surface area contributed by atoms with Gasteiger partial charge < -0.3 is 20.0 Å². The number of furan rings is 1. The maximum atomic E-state index is 12.7. The number of nitrogens with one attached hydrogen (secondary N) is 2. The molecule has 2 aromatic rings. The van der Waals surface area contributed by atoms with Gasteiger partial charge in [-0.3, -0.25) is 9.59 Å². The molecule has 0 spiro atoms. The lowest BCUT2D eigenvalue weighted by molar-refractivity contribution is 0.0703. The van der Waals surface area contributed by atoms with Gasteiger partial charge in [-0.2, -0.15) is 0 Å². The average Bonchev–Trinajstić information content (AvgIpc) is 3.16. The monoisotopic (exact) mass is 327 g/mol. The number of rotatable bonds is 4. The van der Waals surface area contributed by atoms with Crippen molar-refractivity contribution in [3.05, 3.63) is 54.0 Å². The van der Waals surface area contributed by atoms with Crippen LogP contribution in [0, 0.1) is 0 Å². The second-order valence-corrected chi connectivity index (χ2v) is 5.91. The molecule has 6 nitrogen and oxygen atoms in total. The zero-order chi connectivity index (χ0) is 16.9. The van der Waals surface area contributed by atoms with Crippen molar-refractivity contribution < 1.29 is 14.0 Å². The van der Waals surface area contributed by atoms with Gasteiger partial charge in [0.2, 0.25) is 0 Å². The summed E-state index contributed by atoms with van der Waals surface area (Å²) in [4.78, 5) is 26.5. The first-order chi connectivity index (χ1) is 11.6. The van der Waals surface area contributed by atoms with Gasteiger partial charge in [-0.05, 0) is 56.3 Å². The largest absolute Gasteiger partial charge is 0.459 e. The van der Waals surface area contributed by atoms with Crippen LogP contribution in [0.1, 0.15) is 33.8 Å². The zero-order valence-corrected chi connectivity index (χ0v) is 13.6. The van der Waals surface area contributed by atoms with E-state index in [4.69, 9.17) is 4.42 Å². The molecule has 0 atom stereocenters. The first-order valence-electron chi connectivity index (χ1n) is 8.08. The fourth-order valence-corrected chi connectivity index (χ4v) is 2.89. The van der Waals surface area contributed by atoms with Crippen LogP contribution in [0.5, 0.6) is 0 Å². The van der Waals surface area contributed by atoms with Crippen molar-refractivity contribution in [3.8, 4) is 0 Å². The van der Waals surface area contributed by atoms with Crippen molar-refractivity contribution >= 4 is 17.5 Å². The van der Waals surface area contributed by atoms with Crippen molar-refractivity contribution in [2.45, 2.75) is 18.9 Å². The Bertz CT molecular complexity index is 706. The number of hydrogen-bond donors (Lipinski definition) is 2. The van der Waals surface area contributed by atoms with E-state index in [1.807, 2.05) is 7.05 Å². The molecule has 0 saturated carbocycles. The highest BCUT2D eigenvalue weighted by Crippen LogP contribution is 2.17. The van der Waals surface area contributed by atoms with Crippen molar-refractivity contribution in [2.24, 2.45) is 0 Å². The third-order valence-corrected chi connectivity index (χ3v) is 4.29. The Balaban J connectivity index is 1.70. The molecular formula is C18H21N3O3. The molecule has 24 heavy (non-hydrogen) atoms. The predicted octanol–water partition coefficient (Wildman–Crippen LogP) is 2.36. The Hall–Kier alpha value is -2.60. The molecule has 1 aliphatic rings. The number of nitrogens with zero attached hydrogens (tertiary/aromatic N) is 1. The number of amides is 2. The van der Waals surface area contributed by atoms with Crippen LogP contribution in [0.15, 0.2) is 47.1 Å². The minimum Gasteiger partial charge on any atom is -0.459 e. The minimum absolute atomic E-state index is 0.0315. The van der Waals surface area contributed by atoms with Gasteiger partial charge in [0.1, 0.15) is 0 Å². The molecule has 0 radical (unpaired) electrons. The molecule has 1 aromatic heterocycles. The van der Waals surface area contributed by atoms with E-state index in [1.165, 1.54) is 6.26 Å². The number of piperidine rings is 1. The first-order valence-corrected chi connectivity index (χ1v) is 8.08. The molecular weight excluding hydrogens is 306 g/mol. The second kappa shape index (κ2) is 7.31. The van der Waals surface area contributed by atoms with E-state index in [0.717, 1.165) is 25.9 Å². The molecule has 3 rings (SSSR count). The Kier molecular flexibility index (Phi) is 4.96. The highest BCUT2D eigenvalue weighted by molar-refractivity contribution is 6.03. The molecule has 2 N–H and O–H groups in total. The Labute approximate surface area is 140 Å². The van der Waals surface area contributed by atoms with Gasteiger partial charge in [-0.15, -0.1) is 0 Å². The predicted molar refractivity (Wildman–Crippen MR) is 91.1 cm³/mol. The van der Waals surface area contributed by atoms with Crippen LogP contribution in [0.3, 0.4) is 0 Å². The number of benzene rings is 1. The van der Waals surface area contributed by atoms with Gasteiger partial charge in [0.05, 0.1) is 6.26 Å². The highest BCUT2D eigenvalue weighted by Gasteiger charge is 2.23. The lowest BCUT2D eigenvalue weighted by Crippen LogP contribution is -2.43. The second-order valence-electron chi connectivity index (χ2n) is 5.91. The van der Waals surface area contributed by atoms with Crippen LogP contribution in [0.25, 0.3) is 0 Å². The minimum atomic E-state index is -0.337. The first kappa shape index (κ1) is 16.3. The van der Waals surface area contributed by atoms with E-state index in [9.17, 15) is 9.59 Å². The molecule has 126 valence electrons. The van der Waals surface area contributed by atoms with Crippen LogP contribution in [-0.4, -0.2) is 42.9 Å². The van der Waals surface area contributed by atoms with Crippen LogP contribution < -0.4 is 10.6 Å². The fraction of sp³-hybridized carbons (Fsp3) is 0.333. The summed E-state index contributed by atoms with van der Waals surface area (Å²) in [5, 5.41) is 6.04. The summed E-state index contributed by atoms with van der Waals surface area (Å²) in [5.74, 6) is -0.133. The summed E-state index contributed by atoms with van der Waals surface area (Å²) in [6.07, 6.45) is 3.36. The Morgan fingerprint density at radius 1 is 1.21 bits per heavy atom. The zero-order valence-electron chi connectivity index (χ0n) is 13.6. The molecule has 1 fully saturated rings. The van der Waals surface area contributed by atoms with Gasteiger partial charge >= 0.3 is 0 Å². The molecule has 1 aromatic carbocycles. The molecule has 2 heterocycles. The number of carbonyl (C=O) groups is 2. The van der Waals surface area contributed by atoms with Crippen LogP contribution in [0.2, 0.25) is 0 Å². The van der Waals surface area contributed by atoms with Crippen LogP contribution in [0.4, 0.5) is 5.69 Å². The third kappa shape index (κ3) is 3.65. The van der Waals surface area contributed by atoms with E-state index in [2.05, 4.69) is 10.6 Å². The molecule has 1 saturated heterocycles. The molecule has 0 unspecified atom stereocenters. The van der Waals surface area contributed by atoms with Crippen LogP contribution >= 0.6 is 0 Å². The maximum absolute atomic E-state index is 12.7. The van der Waals surface area contributed by atoms with Crippen molar-refractivity contribution in [1.82, 2.24) is 10.2 Å². The van der Waals surface area contributed by atoms with E-state index in [0.29, 0.717) is 11.3 Å². The molecule has 1 aliphatic heterocycles. The summed E-state index contributed by atoms with van der Waals surface area (Å²) in [5.41, 5.74) is 1.13. The van der Waals surface area contributed by atoms with E-state index < -0.39 is 0 Å². The lowest BCUT2D eigenvalue weighted by Gasteiger charge is -2.31. The highest BCUT2D eigenvalue weighted by atomic mass is 16.3. The topological polar surface area (TPSA) is 74.6 Å². The summed E-state index contributed by atoms with van der Waals surface area (Å²) in [7, 11) is 1.84. The van der Waals surface area contributed by atoms with Gasteiger partial charge in [0.15, 0.2) is 5.76 Å². The van der Waals surface area contributed by atoms with Gasteiger partial charge in [0, 0.05) is 24.3 Å². The molecule has 0 aliphatic carbocycles. The SMILES string of the molecule is CN(C(=O)c1cccc(NC(=O)c2ccco2)c1)C1CCNCC1. The normalized spacial score (nSPS) is 15.0. The number of carbonyl (C=O) groups excluding carboxylic acids is 2. The van der Waals surface area contributed by atoms with Crippen molar-refractivity contribution in [3.63, 3.8) is 0 Å². The summed E-state index contributed by atoms with van der Waals surface area (Å²) < 4.78 is 5.07. The van der Waals surface area contributed by atoms with Gasteiger partial charge in [-0.25, -0.2) is 0 Å². The van der Waals surface area contributed by atoms with E-state index in [-0.39, 0.29) is 23.6 Å². The summed E-state index contributed by atoms with van der Waals surface area (Å²) >= 11 is 0. The average molecular weight is 327 g/mol. The Morgan fingerprint density at radius 3 is 2.71 bits per heavy atom. The maximum Gasteiger partial charge on any atom is 0.291 e. The fourth-order valence-electron chi connectivity index (χ4n) is 2.89. The number of hydrogen-bond acceptors (Lipinski definition) is 4. The lowest BCUT2D eigenvalue weighted by atomic mass is 10.0. The van der Waals surface area contributed by atoms with Gasteiger partial charge in [-0.1, -0.05) is 6.07 Å². The third-order valence-electron chi connectivity index (χ3n) is 4.29. The van der Waals surface area contributed by atoms with E-state index in [1.54, 1.807) is 41.3 Å². The smallest absolute Gasteiger partial charge is 0.291 e. The molecule has 2 amide bonds. The van der Waals surface area contributed by atoms with Crippen molar-refractivity contribution in [2.75, 3.05) is 25.5 Å². The molecule has 6 heteroatoms. The van der Waals surface area contributed by atoms with Crippen molar-refractivity contribution in [1.29, 1.82) is 0 Å².